The van der Waals surface area contributed by atoms with Crippen LogP contribution in [-0.4, -0.2) is 51.0 Å². The molecule has 3 heterocycles. The topological polar surface area (TPSA) is 107 Å². The van der Waals surface area contributed by atoms with Crippen LogP contribution in [-0.2, 0) is 22.4 Å². The second-order valence-corrected chi connectivity index (χ2v) is 10.8. The smallest absolute Gasteiger partial charge is 0.414 e. The Morgan fingerprint density at radius 1 is 1.18 bits per heavy atom. The summed E-state index contributed by atoms with van der Waals surface area (Å²) in [6.07, 6.45) is 8.40. The van der Waals surface area contributed by atoms with Gasteiger partial charge in [-0.05, 0) is 76.6 Å². The Labute approximate surface area is 222 Å². The third-order valence-electron chi connectivity index (χ3n) is 7.76. The van der Waals surface area contributed by atoms with Gasteiger partial charge in [0.1, 0.15) is 11.6 Å². The van der Waals surface area contributed by atoms with Crippen LogP contribution >= 0.6 is 0 Å². The van der Waals surface area contributed by atoms with Gasteiger partial charge in [0.2, 0.25) is 0 Å². The molecular formula is C29H36N4O5. The van der Waals surface area contributed by atoms with Gasteiger partial charge in [0.05, 0.1) is 42.0 Å². The van der Waals surface area contributed by atoms with E-state index >= 15 is 0 Å². The number of carboxylic acids is 1. The number of carbonyl (C=O) groups excluding carboxylic acids is 1. The molecule has 1 amide bonds. The quantitative estimate of drug-likeness (QED) is 0.455. The molecule has 9 nitrogen and oxygen atoms in total. The van der Waals surface area contributed by atoms with Crippen LogP contribution in [0.2, 0.25) is 0 Å². The van der Waals surface area contributed by atoms with Gasteiger partial charge in [-0.15, -0.1) is 0 Å². The fourth-order valence-electron chi connectivity index (χ4n) is 6.06. The van der Waals surface area contributed by atoms with Crippen molar-refractivity contribution >= 4 is 28.8 Å². The van der Waals surface area contributed by atoms with E-state index in [1.165, 1.54) is 7.11 Å². The predicted octanol–water partition coefficient (Wildman–Crippen LogP) is 5.53. The molecule has 202 valence electrons. The molecule has 1 saturated carbocycles. The number of aryl methyl sites for hydroxylation is 1. The number of methoxy groups -OCH3 is 1. The van der Waals surface area contributed by atoms with Gasteiger partial charge in [-0.2, -0.15) is 0 Å². The van der Waals surface area contributed by atoms with Crippen molar-refractivity contribution in [1.29, 1.82) is 0 Å². The number of aliphatic carboxylic acids is 1. The van der Waals surface area contributed by atoms with Crippen LogP contribution in [0, 0.1) is 5.92 Å². The van der Waals surface area contributed by atoms with E-state index in [2.05, 4.69) is 9.55 Å². The molecule has 0 unspecified atom stereocenters. The predicted molar refractivity (Wildman–Crippen MR) is 144 cm³/mol. The number of anilines is 1. The number of hydrogen-bond donors (Lipinski definition) is 1. The summed E-state index contributed by atoms with van der Waals surface area (Å²) in [6, 6.07) is 6.07. The standard InChI is InChI=1S/C29H36N4O5/c1-17(2)38-22-12-19(15-30-16-22)13-26-31-27-23-9-8-18(3)32(29(36)37-4)24(23)10-11-25(27)33(26)21-7-5-6-20(14-21)28(34)35/h10-12,15-18,20-21H,5-9,13-14H2,1-4H3,(H,34,35)/t18-,20+,21+/m0/s1. The second kappa shape index (κ2) is 10.6. The van der Waals surface area contributed by atoms with Crippen LogP contribution < -0.4 is 9.64 Å². The van der Waals surface area contributed by atoms with Crippen LogP contribution in [0.1, 0.15) is 75.9 Å². The van der Waals surface area contributed by atoms with Crippen LogP contribution in [0.15, 0.2) is 30.6 Å². The monoisotopic (exact) mass is 520 g/mol. The minimum Gasteiger partial charge on any atom is -0.489 e. The van der Waals surface area contributed by atoms with E-state index in [1.807, 2.05) is 45.2 Å². The zero-order valence-electron chi connectivity index (χ0n) is 22.5. The molecule has 3 atom stereocenters. The van der Waals surface area contributed by atoms with Crippen LogP contribution in [0.25, 0.3) is 11.0 Å². The number of imidazole rings is 1. The van der Waals surface area contributed by atoms with Crippen molar-refractivity contribution in [3.8, 4) is 5.75 Å². The lowest BCUT2D eigenvalue weighted by Crippen LogP contribution is -2.42. The van der Waals surface area contributed by atoms with E-state index < -0.39 is 5.97 Å². The highest BCUT2D eigenvalue weighted by molar-refractivity contribution is 5.95. The molecule has 1 aromatic carbocycles. The minimum absolute atomic E-state index is 0.0263. The van der Waals surface area contributed by atoms with Crippen molar-refractivity contribution in [2.45, 2.75) is 83.9 Å². The van der Waals surface area contributed by atoms with Crippen molar-refractivity contribution in [2.24, 2.45) is 5.92 Å². The summed E-state index contributed by atoms with van der Waals surface area (Å²) in [4.78, 5) is 35.8. The largest absolute Gasteiger partial charge is 0.489 e. The third-order valence-corrected chi connectivity index (χ3v) is 7.76. The number of hydrogen-bond acceptors (Lipinski definition) is 6. The molecule has 0 saturated heterocycles. The van der Waals surface area contributed by atoms with E-state index in [9.17, 15) is 14.7 Å². The number of rotatable bonds is 6. The number of aromatic nitrogens is 3. The maximum atomic E-state index is 12.6. The average molecular weight is 521 g/mol. The molecule has 1 N–H and O–H groups in total. The number of fused-ring (bicyclic) bond motifs is 3. The van der Waals surface area contributed by atoms with Gasteiger partial charge in [0.15, 0.2) is 0 Å². The van der Waals surface area contributed by atoms with Crippen LogP contribution in [0.4, 0.5) is 10.5 Å². The molecule has 0 radical (unpaired) electrons. The van der Waals surface area contributed by atoms with Gasteiger partial charge >= 0.3 is 12.1 Å². The highest BCUT2D eigenvalue weighted by Crippen LogP contribution is 2.41. The van der Waals surface area contributed by atoms with Gasteiger partial charge in [0, 0.05) is 30.3 Å². The molecule has 0 bridgehead atoms. The molecule has 1 aliphatic heterocycles. The van der Waals surface area contributed by atoms with Crippen molar-refractivity contribution in [1.82, 2.24) is 14.5 Å². The van der Waals surface area contributed by atoms with Gasteiger partial charge in [-0.1, -0.05) is 6.42 Å². The summed E-state index contributed by atoms with van der Waals surface area (Å²) in [6.45, 7) is 5.99. The van der Waals surface area contributed by atoms with Crippen LogP contribution in [0.5, 0.6) is 5.75 Å². The number of carbonyl (C=O) groups is 2. The van der Waals surface area contributed by atoms with E-state index in [1.54, 1.807) is 11.1 Å². The molecule has 5 rings (SSSR count). The molecule has 3 aromatic rings. The molecule has 1 fully saturated rings. The zero-order chi connectivity index (χ0) is 27.0. The molecule has 1 aliphatic carbocycles. The van der Waals surface area contributed by atoms with Crippen molar-refractivity contribution < 1.29 is 24.2 Å². The summed E-state index contributed by atoms with van der Waals surface area (Å²) in [5.41, 5.74) is 4.70. The van der Waals surface area contributed by atoms with Crippen LogP contribution in [0.3, 0.4) is 0 Å². The Morgan fingerprint density at radius 2 is 2.00 bits per heavy atom. The Morgan fingerprint density at radius 3 is 2.74 bits per heavy atom. The first-order valence-electron chi connectivity index (χ1n) is 13.5. The Balaban J connectivity index is 1.62. The van der Waals surface area contributed by atoms with Crippen molar-refractivity contribution in [3.05, 3.63) is 47.5 Å². The lowest BCUT2D eigenvalue weighted by Gasteiger charge is -2.34. The molecular weight excluding hydrogens is 484 g/mol. The highest BCUT2D eigenvalue weighted by Gasteiger charge is 2.34. The summed E-state index contributed by atoms with van der Waals surface area (Å²) in [5.74, 6) is 0.486. The number of nitrogens with zero attached hydrogens (tertiary/aromatic N) is 4. The molecule has 2 aromatic heterocycles. The number of ether oxygens (including phenoxy) is 2. The summed E-state index contributed by atoms with van der Waals surface area (Å²) >= 11 is 0. The fourth-order valence-corrected chi connectivity index (χ4v) is 6.06. The van der Waals surface area contributed by atoms with Crippen molar-refractivity contribution in [3.63, 3.8) is 0 Å². The first-order valence-corrected chi connectivity index (χ1v) is 13.5. The number of pyridine rings is 1. The Bertz CT molecular complexity index is 1350. The first-order chi connectivity index (χ1) is 18.3. The lowest BCUT2D eigenvalue weighted by atomic mass is 9.85. The summed E-state index contributed by atoms with van der Waals surface area (Å²) in [7, 11) is 1.40. The summed E-state index contributed by atoms with van der Waals surface area (Å²) < 4.78 is 13.2. The van der Waals surface area contributed by atoms with Crippen molar-refractivity contribution in [2.75, 3.05) is 12.0 Å². The lowest BCUT2D eigenvalue weighted by molar-refractivity contribution is -0.143. The normalized spacial score (nSPS) is 21.4. The molecule has 0 spiro atoms. The Hall–Kier alpha value is -3.62. The maximum Gasteiger partial charge on any atom is 0.414 e. The highest BCUT2D eigenvalue weighted by atomic mass is 16.5. The fraction of sp³-hybridized carbons (Fsp3) is 0.517. The van der Waals surface area contributed by atoms with E-state index in [-0.39, 0.29) is 30.2 Å². The summed E-state index contributed by atoms with van der Waals surface area (Å²) in [5, 5.41) is 9.76. The molecule has 38 heavy (non-hydrogen) atoms. The number of benzene rings is 1. The van der Waals surface area contributed by atoms with E-state index in [4.69, 9.17) is 14.5 Å². The molecule has 9 heteroatoms. The zero-order valence-corrected chi connectivity index (χ0v) is 22.5. The van der Waals surface area contributed by atoms with Gasteiger partial charge in [-0.3, -0.25) is 14.7 Å². The number of carboxylic acid groups (broad SMARTS) is 1. The van der Waals surface area contributed by atoms with Gasteiger partial charge in [0.25, 0.3) is 0 Å². The first kappa shape index (κ1) is 26.0. The third kappa shape index (κ3) is 4.93. The van der Waals surface area contributed by atoms with Gasteiger partial charge < -0.3 is 19.1 Å². The Kier molecular flexibility index (Phi) is 7.27. The van der Waals surface area contributed by atoms with E-state index in [0.29, 0.717) is 25.0 Å². The molecule has 2 aliphatic rings. The SMILES string of the molecule is COC(=O)N1c2ccc3c(nc(Cc4cncc(OC(C)C)c4)n3[C@@H]3CCC[C@@H](C(=O)O)C3)c2CC[C@@H]1C. The minimum atomic E-state index is -0.733. The van der Waals surface area contributed by atoms with Gasteiger partial charge in [-0.25, -0.2) is 9.78 Å². The average Bonchev–Trinajstić information content (AvgIpc) is 3.26. The van der Waals surface area contributed by atoms with E-state index in [0.717, 1.165) is 59.4 Å². The number of amides is 1. The second-order valence-electron chi connectivity index (χ2n) is 10.8. The maximum absolute atomic E-state index is 12.6.